The predicted octanol–water partition coefficient (Wildman–Crippen LogP) is 3.02. The minimum atomic E-state index is -0.383. The molecule has 1 unspecified atom stereocenters. The van der Waals surface area contributed by atoms with Gasteiger partial charge in [0, 0.05) is 17.5 Å². The first-order valence-electron chi connectivity index (χ1n) is 8.01. The number of hydrogen-bond acceptors (Lipinski definition) is 5. The van der Waals surface area contributed by atoms with Crippen LogP contribution < -0.4 is 5.32 Å². The number of halogens is 1. The highest BCUT2D eigenvalue weighted by molar-refractivity contribution is 7.09. The minimum Gasteiger partial charge on any atom is -0.440 e. The number of aromatic nitrogens is 1. The van der Waals surface area contributed by atoms with Gasteiger partial charge in [0.2, 0.25) is 0 Å². The number of rotatable bonds is 3. The van der Waals surface area contributed by atoms with Gasteiger partial charge in [0.1, 0.15) is 16.4 Å². The summed E-state index contributed by atoms with van der Waals surface area (Å²) in [6.45, 7) is 3.04. The lowest BCUT2D eigenvalue weighted by Gasteiger charge is -2.37. The highest BCUT2D eigenvalue weighted by atomic mass is 32.1. The molecule has 4 rings (SSSR count). The van der Waals surface area contributed by atoms with E-state index in [4.69, 9.17) is 4.74 Å². The van der Waals surface area contributed by atoms with E-state index < -0.39 is 0 Å². The van der Waals surface area contributed by atoms with Crippen molar-refractivity contribution in [3.8, 4) is 11.3 Å². The lowest BCUT2D eigenvalue weighted by molar-refractivity contribution is -0.0111. The van der Waals surface area contributed by atoms with Crippen LogP contribution in [0.3, 0.4) is 0 Å². The van der Waals surface area contributed by atoms with E-state index in [1.807, 2.05) is 5.38 Å². The molecule has 24 heavy (non-hydrogen) atoms. The third-order valence-electron chi connectivity index (χ3n) is 4.53. The van der Waals surface area contributed by atoms with Crippen LogP contribution in [0.25, 0.3) is 11.3 Å². The summed E-state index contributed by atoms with van der Waals surface area (Å²) in [4.78, 5) is 18.3. The maximum Gasteiger partial charge on any atom is 0.407 e. The molecule has 1 aromatic heterocycles. The molecule has 0 bridgehead atoms. The maximum atomic E-state index is 13.0. The van der Waals surface area contributed by atoms with Gasteiger partial charge in [-0.15, -0.1) is 11.3 Å². The van der Waals surface area contributed by atoms with Gasteiger partial charge in [0.05, 0.1) is 18.8 Å². The van der Waals surface area contributed by atoms with Crippen molar-refractivity contribution in [3.05, 3.63) is 40.5 Å². The van der Waals surface area contributed by atoms with Crippen LogP contribution in [0.4, 0.5) is 9.18 Å². The normalized spacial score (nSPS) is 24.1. The molecule has 2 fully saturated rings. The Labute approximate surface area is 143 Å². The number of likely N-dealkylation sites (tertiary alicyclic amines) is 1. The highest BCUT2D eigenvalue weighted by Crippen LogP contribution is 2.30. The van der Waals surface area contributed by atoms with Crippen LogP contribution in [0.2, 0.25) is 0 Å². The fourth-order valence-electron chi connectivity index (χ4n) is 3.38. The molecule has 1 atom stereocenters. The van der Waals surface area contributed by atoms with E-state index in [1.54, 1.807) is 23.5 Å². The van der Waals surface area contributed by atoms with Gasteiger partial charge in [0.25, 0.3) is 0 Å². The van der Waals surface area contributed by atoms with Crippen molar-refractivity contribution in [2.45, 2.75) is 25.0 Å². The molecule has 0 aliphatic carbocycles. The van der Waals surface area contributed by atoms with Crippen LogP contribution in [-0.4, -0.2) is 41.2 Å². The number of hydrogen-bond donors (Lipinski definition) is 1. The molecule has 2 aromatic rings. The summed E-state index contributed by atoms with van der Waals surface area (Å²) in [5, 5.41) is 5.78. The summed E-state index contributed by atoms with van der Waals surface area (Å²) in [7, 11) is 0. The van der Waals surface area contributed by atoms with Crippen LogP contribution >= 0.6 is 11.3 Å². The molecule has 2 aliphatic heterocycles. The van der Waals surface area contributed by atoms with Gasteiger partial charge in [0.15, 0.2) is 0 Å². The number of piperidine rings is 1. The number of thiazole rings is 1. The van der Waals surface area contributed by atoms with Crippen LogP contribution in [0, 0.1) is 5.82 Å². The zero-order valence-corrected chi connectivity index (χ0v) is 13.9. The molecular weight excluding hydrogens is 329 g/mol. The first-order chi connectivity index (χ1) is 11.6. The number of nitrogens with one attached hydrogen (secondary N) is 1. The predicted molar refractivity (Wildman–Crippen MR) is 89.2 cm³/mol. The van der Waals surface area contributed by atoms with Crippen LogP contribution in [-0.2, 0) is 11.3 Å². The van der Waals surface area contributed by atoms with Crippen LogP contribution in [0.5, 0.6) is 0 Å². The third kappa shape index (κ3) is 3.14. The number of carbonyl (C=O) groups is 1. The first-order valence-corrected chi connectivity index (χ1v) is 8.89. The van der Waals surface area contributed by atoms with Gasteiger partial charge >= 0.3 is 6.09 Å². The summed E-state index contributed by atoms with van der Waals surface area (Å²) >= 11 is 1.60. The second-order valence-corrected chi connectivity index (χ2v) is 7.32. The van der Waals surface area contributed by atoms with E-state index in [-0.39, 0.29) is 17.5 Å². The Morgan fingerprint density at radius 3 is 2.96 bits per heavy atom. The summed E-state index contributed by atoms with van der Waals surface area (Å²) in [5.74, 6) is -0.243. The summed E-state index contributed by atoms with van der Waals surface area (Å²) in [6.07, 6.45) is 1.59. The topological polar surface area (TPSA) is 54.5 Å². The lowest BCUT2D eigenvalue weighted by Crippen LogP contribution is -2.50. The summed E-state index contributed by atoms with van der Waals surface area (Å²) < 4.78 is 18.5. The van der Waals surface area contributed by atoms with E-state index in [0.717, 1.165) is 48.7 Å². The fourth-order valence-corrected chi connectivity index (χ4v) is 4.23. The van der Waals surface area contributed by atoms with E-state index in [1.165, 1.54) is 12.1 Å². The number of nitrogens with zero attached hydrogens (tertiary/aromatic N) is 2. The average molecular weight is 347 g/mol. The molecule has 0 radical (unpaired) electrons. The van der Waals surface area contributed by atoms with Crippen LogP contribution in [0.15, 0.2) is 29.6 Å². The monoisotopic (exact) mass is 347 g/mol. The van der Waals surface area contributed by atoms with Gasteiger partial charge in [-0.1, -0.05) is 0 Å². The Morgan fingerprint density at radius 2 is 2.21 bits per heavy atom. The molecule has 0 saturated carbocycles. The third-order valence-corrected chi connectivity index (χ3v) is 5.37. The van der Waals surface area contributed by atoms with Crippen molar-refractivity contribution >= 4 is 17.4 Å². The molecular formula is C17H18FN3O2S. The Bertz CT molecular complexity index is 749. The van der Waals surface area contributed by atoms with Gasteiger partial charge in [-0.2, -0.15) is 0 Å². The Balaban J connectivity index is 1.44. The number of ether oxygens (including phenoxy) is 1. The molecule has 2 aliphatic rings. The number of amides is 1. The molecule has 3 heterocycles. The van der Waals surface area contributed by atoms with Crippen molar-refractivity contribution in [2.24, 2.45) is 0 Å². The lowest BCUT2D eigenvalue weighted by atomic mass is 9.93. The average Bonchev–Trinajstić information content (AvgIpc) is 3.16. The number of alkyl carbamates (subject to hydrolysis) is 1. The van der Waals surface area contributed by atoms with Crippen LogP contribution in [0.1, 0.15) is 17.8 Å². The van der Waals surface area contributed by atoms with Crippen molar-refractivity contribution in [1.29, 1.82) is 0 Å². The van der Waals surface area contributed by atoms with Gasteiger partial charge in [-0.05, 0) is 43.7 Å². The van der Waals surface area contributed by atoms with Crippen molar-refractivity contribution in [1.82, 2.24) is 15.2 Å². The van der Waals surface area contributed by atoms with Crippen molar-refractivity contribution < 1.29 is 13.9 Å². The summed E-state index contributed by atoms with van der Waals surface area (Å²) in [5.41, 5.74) is 1.41. The standard InChI is InChI=1S/C17H18FN3O2S/c18-13-4-2-12(3-5-13)14-9-24-15(20-14)8-21-7-1-6-17(11-21)10-19-16(22)23-17/h2-5,9H,1,6-8,10-11H2,(H,19,22). The number of carbonyl (C=O) groups excluding carboxylic acids is 1. The SMILES string of the molecule is O=C1NCC2(CCCN(Cc3nc(-c4ccc(F)cc4)cs3)C2)O1. The first kappa shape index (κ1) is 15.5. The van der Waals surface area contributed by atoms with Gasteiger partial charge in [-0.3, -0.25) is 4.90 Å². The second kappa shape index (κ2) is 6.14. The Hall–Kier alpha value is -1.99. The van der Waals surface area contributed by atoms with Crippen molar-refractivity contribution in [2.75, 3.05) is 19.6 Å². The molecule has 1 aromatic carbocycles. The zero-order chi connectivity index (χ0) is 16.6. The smallest absolute Gasteiger partial charge is 0.407 e. The van der Waals surface area contributed by atoms with E-state index >= 15 is 0 Å². The second-order valence-electron chi connectivity index (χ2n) is 6.37. The van der Waals surface area contributed by atoms with E-state index in [9.17, 15) is 9.18 Å². The quantitative estimate of drug-likeness (QED) is 0.927. The molecule has 1 spiro atoms. The Morgan fingerprint density at radius 1 is 1.38 bits per heavy atom. The minimum absolute atomic E-state index is 0.243. The Kier molecular flexibility index (Phi) is 3.97. The van der Waals surface area contributed by atoms with Gasteiger partial charge in [-0.25, -0.2) is 14.2 Å². The summed E-state index contributed by atoms with van der Waals surface area (Å²) in [6, 6.07) is 6.38. The molecule has 7 heteroatoms. The van der Waals surface area contributed by atoms with E-state index in [2.05, 4.69) is 15.2 Å². The molecule has 2 saturated heterocycles. The molecule has 1 N–H and O–H groups in total. The molecule has 1 amide bonds. The van der Waals surface area contributed by atoms with E-state index in [0.29, 0.717) is 6.54 Å². The molecule has 5 nitrogen and oxygen atoms in total. The largest absolute Gasteiger partial charge is 0.440 e. The van der Waals surface area contributed by atoms with Gasteiger partial charge < -0.3 is 10.1 Å². The van der Waals surface area contributed by atoms with Crippen molar-refractivity contribution in [3.63, 3.8) is 0 Å². The zero-order valence-electron chi connectivity index (χ0n) is 13.1. The number of benzene rings is 1. The fraction of sp³-hybridized carbons (Fsp3) is 0.412. The maximum absolute atomic E-state index is 13.0. The highest BCUT2D eigenvalue weighted by Gasteiger charge is 2.43. The molecule has 126 valence electrons.